The molecule has 0 aromatic heterocycles. The molecule has 0 aliphatic rings. The number of aliphatic hydroxyl groups is 1. The Balaban J connectivity index is 2.49. The third-order valence-electron chi connectivity index (χ3n) is 4.74. The highest BCUT2D eigenvalue weighted by Gasteiger charge is 2.37. The third kappa shape index (κ3) is 4.51. The molecule has 0 bridgehead atoms. The molecule has 0 saturated heterocycles. The minimum atomic E-state index is -1.15. The third-order valence-corrected chi connectivity index (χ3v) is 4.74. The highest BCUT2D eigenvalue weighted by molar-refractivity contribution is 5.56. The van der Waals surface area contributed by atoms with Crippen LogP contribution in [0.1, 0.15) is 25.0 Å². The SMILES string of the molecule is COc1ccc(C(O)(/C(C)=C/c2ccc(F)cc2)C(C)CN(C)C)cc1. The van der Waals surface area contributed by atoms with Crippen LogP contribution in [0.3, 0.4) is 0 Å². The van der Waals surface area contributed by atoms with Crippen LogP contribution in [-0.2, 0) is 5.60 Å². The van der Waals surface area contributed by atoms with Crippen molar-refractivity contribution in [2.75, 3.05) is 27.7 Å². The van der Waals surface area contributed by atoms with Gasteiger partial charge in [0, 0.05) is 12.5 Å². The first-order chi connectivity index (χ1) is 12.3. The van der Waals surface area contributed by atoms with Gasteiger partial charge < -0.3 is 14.7 Å². The van der Waals surface area contributed by atoms with Gasteiger partial charge >= 0.3 is 0 Å². The van der Waals surface area contributed by atoms with Crippen LogP contribution in [0, 0.1) is 11.7 Å². The number of nitrogens with zero attached hydrogens (tertiary/aromatic N) is 1. The van der Waals surface area contributed by atoms with E-state index in [2.05, 4.69) is 4.90 Å². The maximum Gasteiger partial charge on any atom is 0.123 e. The predicted molar refractivity (Wildman–Crippen MR) is 105 cm³/mol. The minimum Gasteiger partial charge on any atom is -0.497 e. The van der Waals surface area contributed by atoms with Crippen LogP contribution in [0.25, 0.3) is 6.08 Å². The molecule has 0 spiro atoms. The first kappa shape index (κ1) is 20.1. The van der Waals surface area contributed by atoms with Crippen LogP contribution in [0.2, 0.25) is 0 Å². The van der Waals surface area contributed by atoms with E-state index in [9.17, 15) is 9.50 Å². The summed E-state index contributed by atoms with van der Waals surface area (Å²) in [5.41, 5.74) is 1.32. The molecule has 2 rings (SSSR count). The molecule has 26 heavy (non-hydrogen) atoms. The number of methoxy groups -OCH3 is 1. The van der Waals surface area contributed by atoms with Crippen molar-refractivity contribution in [3.63, 3.8) is 0 Å². The molecule has 2 atom stereocenters. The smallest absolute Gasteiger partial charge is 0.123 e. The molecule has 2 aromatic carbocycles. The molecule has 0 heterocycles. The van der Waals surface area contributed by atoms with E-state index in [1.165, 1.54) is 12.1 Å². The van der Waals surface area contributed by atoms with Crippen molar-refractivity contribution in [3.05, 3.63) is 71.0 Å². The summed E-state index contributed by atoms with van der Waals surface area (Å²) < 4.78 is 18.4. The Morgan fingerprint density at radius 1 is 1.15 bits per heavy atom. The molecule has 1 N–H and O–H groups in total. The predicted octanol–water partition coefficient (Wildman–Crippen LogP) is 4.32. The molecule has 0 radical (unpaired) electrons. The van der Waals surface area contributed by atoms with Crippen molar-refractivity contribution in [2.24, 2.45) is 5.92 Å². The molecule has 2 aromatic rings. The summed E-state index contributed by atoms with van der Waals surface area (Å²) in [7, 11) is 5.60. The van der Waals surface area contributed by atoms with Gasteiger partial charge in [-0.1, -0.05) is 37.3 Å². The van der Waals surface area contributed by atoms with Gasteiger partial charge in [-0.15, -0.1) is 0 Å². The van der Waals surface area contributed by atoms with Crippen LogP contribution in [0.4, 0.5) is 4.39 Å². The summed E-state index contributed by atoms with van der Waals surface area (Å²) in [5, 5.41) is 11.7. The molecular weight excluding hydrogens is 329 g/mol. The highest BCUT2D eigenvalue weighted by atomic mass is 19.1. The maximum atomic E-state index is 13.2. The summed E-state index contributed by atoms with van der Waals surface area (Å²) in [6, 6.07) is 13.8. The van der Waals surface area contributed by atoms with Gasteiger partial charge in [0.2, 0.25) is 0 Å². The van der Waals surface area contributed by atoms with Gasteiger partial charge in [0.1, 0.15) is 17.2 Å². The molecule has 0 amide bonds. The van der Waals surface area contributed by atoms with E-state index in [1.807, 2.05) is 58.3 Å². The van der Waals surface area contributed by atoms with E-state index in [0.29, 0.717) is 0 Å². The Morgan fingerprint density at radius 2 is 1.73 bits per heavy atom. The van der Waals surface area contributed by atoms with Crippen LogP contribution in [0.5, 0.6) is 5.75 Å². The zero-order chi connectivity index (χ0) is 19.3. The lowest BCUT2D eigenvalue weighted by Crippen LogP contribution is -2.40. The first-order valence-electron chi connectivity index (χ1n) is 8.73. The Bertz CT molecular complexity index is 738. The zero-order valence-electron chi connectivity index (χ0n) is 16.2. The Morgan fingerprint density at radius 3 is 2.23 bits per heavy atom. The van der Waals surface area contributed by atoms with Crippen molar-refractivity contribution in [1.29, 1.82) is 0 Å². The van der Waals surface area contributed by atoms with Gasteiger partial charge in [0.25, 0.3) is 0 Å². The zero-order valence-corrected chi connectivity index (χ0v) is 16.2. The second-order valence-corrected chi connectivity index (χ2v) is 7.04. The summed E-state index contributed by atoms with van der Waals surface area (Å²) >= 11 is 0. The van der Waals surface area contributed by atoms with E-state index in [4.69, 9.17) is 4.74 Å². The van der Waals surface area contributed by atoms with Gasteiger partial charge in [0.05, 0.1) is 7.11 Å². The fourth-order valence-corrected chi connectivity index (χ4v) is 3.34. The van der Waals surface area contributed by atoms with Crippen LogP contribution >= 0.6 is 0 Å². The molecule has 3 nitrogen and oxygen atoms in total. The Labute approximate surface area is 155 Å². The van der Waals surface area contributed by atoms with Gasteiger partial charge in [0.15, 0.2) is 0 Å². The molecule has 0 saturated carbocycles. The number of benzene rings is 2. The van der Waals surface area contributed by atoms with Gasteiger partial charge in [-0.3, -0.25) is 0 Å². The number of hydrogen-bond donors (Lipinski definition) is 1. The monoisotopic (exact) mass is 357 g/mol. The van der Waals surface area contributed by atoms with Crippen molar-refractivity contribution in [1.82, 2.24) is 4.90 Å². The minimum absolute atomic E-state index is 0.0532. The van der Waals surface area contributed by atoms with Gasteiger partial charge in [-0.25, -0.2) is 4.39 Å². The number of ether oxygens (including phenoxy) is 1. The quantitative estimate of drug-likeness (QED) is 0.801. The Hall–Kier alpha value is -2.17. The molecule has 4 heteroatoms. The standard InChI is InChI=1S/C22H28FNO2/c1-16(14-18-6-10-20(23)11-7-18)22(25,17(2)15-24(3)4)19-8-12-21(26-5)13-9-19/h6-14,17,25H,15H2,1-5H3/b16-14+. The van der Waals surface area contributed by atoms with E-state index in [-0.39, 0.29) is 11.7 Å². The summed E-state index contributed by atoms with van der Waals surface area (Å²) in [5.74, 6) is 0.422. The molecule has 0 aliphatic carbocycles. The summed E-state index contributed by atoms with van der Waals surface area (Å²) in [6.07, 6.45) is 1.91. The highest BCUT2D eigenvalue weighted by Crippen LogP contribution is 2.38. The lowest BCUT2D eigenvalue weighted by molar-refractivity contribution is 0.0105. The van der Waals surface area contributed by atoms with Gasteiger partial charge in [-0.05, 0) is 62.0 Å². The summed E-state index contributed by atoms with van der Waals surface area (Å²) in [6.45, 7) is 4.67. The molecular formula is C22H28FNO2. The van der Waals surface area contributed by atoms with Crippen LogP contribution < -0.4 is 4.74 Å². The first-order valence-corrected chi connectivity index (χ1v) is 8.73. The number of hydrogen-bond acceptors (Lipinski definition) is 3. The molecule has 0 aliphatic heterocycles. The molecule has 140 valence electrons. The second-order valence-electron chi connectivity index (χ2n) is 7.04. The van der Waals surface area contributed by atoms with Crippen molar-refractivity contribution in [3.8, 4) is 5.75 Å². The number of halogens is 1. The van der Waals surface area contributed by atoms with E-state index in [1.54, 1.807) is 19.2 Å². The van der Waals surface area contributed by atoms with E-state index in [0.717, 1.165) is 29.0 Å². The lowest BCUT2D eigenvalue weighted by Gasteiger charge is -2.37. The lowest BCUT2D eigenvalue weighted by atomic mass is 9.76. The average Bonchev–Trinajstić information content (AvgIpc) is 2.62. The summed E-state index contributed by atoms with van der Waals surface area (Å²) in [4.78, 5) is 2.06. The van der Waals surface area contributed by atoms with E-state index < -0.39 is 5.60 Å². The second kappa shape index (κ2) is 8.47. The van der Waals surface area contributed by atoms with Crippen molar-refractivity contribution >= 4 is 6.08 Å². The van der Waals surface area contributed by atoms with Crippen LogP contribution in [0.15, 0.2) is 54.1 Å². The van der Waals surface area contributed by atoms with Gasteiger partial charge in [-0.2, -0.15) is 0 Å². The topological polar surface area (TPSA) is 32.7 Å². The molecule has 2 unspecified atom stereocenters. The van der Waals surface area contributed by atoms with Crippen molar-refractivity contribution < 1.29 is 14.2 Å². The number of rotatable bonds is 7. The molecule has 0 fully saturated rings. The normalized spacial score (nSPS) is 15.6. The fraction of sp³-hybridized carbons (Fsp3) is 0.364. The van der Waals surface area contributed by atoms with E-state index >= 15 is 0 Å². The average molecular weight is 357 g/mol. The Kier molecular flexibility index (Phi) is 6.57. The van der Waals surface area contributed by atoms with Crippen molar-refractivity contribution in [2.45, 2.75) is 19.4 Å². The maximum absolute atomic E-state index is 13.2. The van der Waals surface area contributed by atoms with Crippen LogP contribution in [-0.4, -0.2) is 37.8 Å². The largest absolute Gasteiger partial charge is 0.497 e. The fourth-order valence-electron chi connectivity index (χ4n) is 3.34.